The summed E-state index contributed by atoms with van der Waals surface area (Å²) in [5.41, 5.74) is 0. The lowest BCUT2D eigenvalue weighted by Gasteiger charge is -2.41. The van der Waals surface area contributed by atoms with Crippen LogP contribution in [-0.4, -0.2) is 12.7 Å². The third-order valence-electron chi connectivity index (χ3n) is 5.24. The zero-order chi connectivity index (χ0) is 12.3. The fourth-order valence-corrected chi connectivity index (χ4v) is 3.75. The van der Waals surface area contributed by atoms with Gasteiger partial charge in [0.2, 0.25) is 0 Å². The zero-order valence-corrected chi connectivity index (χ0v) is 12.0. The monoisotopic (exact) mass is 238 g/mol. The van der Waals surface area contributed by atoms with E-state index in [1.54, 1.807) is 0 Å². The maximum Gasteiger partial charge on any atom is 0.0570 e. The minimum absolute atomic E-state index is 0.430. The molecule has 0 amide bonds. The van der Waals surface area contributed by atoms with Crippen molar-refractivity contribution in [2.24, 2.45) is 23.7 Å². The van der Waals surface area contributed by atoms with Crippen molar-refractivity contribution >= 4 is 0 Å². The second kappa shape index (κ2) is 6.22. The molecule has 17 heavy (non-hydrogen) atoms. The van der Waals surface area contributed by atoms with Gasteiger partial charge < -0.3 is 4.74 Å². The Morgan fingerprint density at radius 3 is 2.41 bits per heavy atom. The van der Waals surface area contributed by atoms with Gasteiger partial charge in [-0.05, 0) is 43.4 Å². The highest BCUT2D eigenvalue weighted by Gasteiger charge is 2.34. The molecule has 2 rings (SSSR count). The summed E-state index contributed by atoms with van der Waals surface area (Å²) in [4.78, 5) is 0. The highest BCUT2D eigenvalue weighted by Crippen LogP contribution is 2.43. The lowest BCUT2D eigenvalue weighted by atomic mass is 9.66. The van der Waals surface area contributed by atoms with E-state index in [-0.39, 0.29) is 0 Å². The summed E-state index contributed by atoms with van der Waals surface area (Å²) in [5.74, 6) is 3.56. The van der Waals surface area contributed by atoms with E-state index < -0.39 is 0 Å². The molecule has 1 nitrogen and oxygen atoms in total. The second-order valence-corrected chi connectivity index (χ2v) is 6.68. The minimum atomic E-state index is 0.430. The maximum absolute atomic E-state index is 6.09. The van der Waals surface area contributed by atoms with Gasteiger partial charge in [-0.1, -0.05) is 46.0 Å². The molecule has 2 aliphatic carbocycles. The average Bonchev–Trinajstić information content (AvgIpc) is 2.35. The van der Waals surface area contributed by atoms with Crippen LogP contribution in [0.1, 0.15) is 65.7 Å². The summed E-state index contributed by atoms with van der Waals surface area (Å²) in [5, 5.41) is 0. The van der Waals surface area contributed by atoms with Crippen LogP contribution in [-0.2, 0) is 4.74 Å². The van der Waals surface area contributed by atoms with E-state index in [9.17, 15) is 0 Å². The Labute approximate surface area is 107 Å². The molecule has 4 unspecified atom stereocenters. The number of hydrogen-bond acceptors (Lipinski definition) is 1. The van der Waals surface area contributed by atoms with E-state index in [4.69, 9.17) is 4.74 Å². The molecule has 2 aliphatic rings. The van der Waals surface area contributed by atoms with Gasteiger partial charge in [-0.2, -0.15) is 0 Å². The van der Waals surface area contributed by atoms with Gasteiger partial charge in [-0.3, -0.25) is 0 Å². The first-order valence-electron chi connectivity index (χ1n) is 7.80. The Kier molecular flexibility index (Phi) is 4.90. The first kappa shape index (κ1) is 13.4. The molecule has 0 aromatic carbocycles. The van der Waals surface area contributed by atoms with E-state index in [1.807, 2.05) is 0 Å². The molecule has 0 aromatic heterocycles. The standard InChI is InChI=1S/C16H30O/c1-12(2)13(3)17-11-15-9-6-8-14-7-4-5-10-16(14)15/h12-16H,4-11H2,1-3H3. The van der Waals surface area contributed by atoms with Crippen LogP contribution in [0.3, 0.4) is 0 Å². The predicted molar refractivity (Wildman–Crippen MR) is 73.0 cm³/mol. The highest BCUT2D eigenvalue weighted by molar-refractivity contribution is 4.85. The molecule has 0 spiro atoms. The van der Waals surface area contributed by atoms with Crippen LogP contribution in [0.4, 0.5) is 0 Å². The van der Waals surface area contributed by atoms with Crippen LogP contribution in [0.15, 0.2) is 0 Å². The van der Waals surface area contributed by atoms with Gasteiger partial charge in [0.25, 0.3) is 0 Å². The summed E-state index contributed by atoms with van der Waals surface area (Å²) in [6.45, 7) is 7.77. The molecule has 0 N–H and O–H groups in total. The number of ether oxygens (including phenoxy) is 1. The first-order valence-corrected chi connectivity index (χ1v) is 7.80. The molecular weight excluding hydrogens is 208 g/mol. The Morgan fingerprint density at radius 1 is 0.941 bits per heavy atom. The fourth-order valence-electron chi connectivity index (χ4n) is 3.75. The van der Waals surface area contributed by atoms with Gasteiger partial charge in [-0.25, -0.2) is 0 Å². The quantitative estimate of drug-likeness (QED) is 0.692. The molecule has 0 saturated heterocycles. The molecule has 4 atom stereocenters. The van der Waals surface area contributed by atoms with Gasteiger partial charge in [-0.15, -0.1) is 0 Å². The number of hydrogen-bond donors (Lipinski definition) is 0. The van der Waals surface area contributed by atoms with E-state index in [2.05, 4.69) is 20.8 Å². The van der Waals surface area contributed by atoms with Crippen LogP contribution in [0.5, 0.6) is 0 Å². The number of fused-ring (bicyclic) bond motifs is 1. The van der Waals surface area contributed by atoms with Crippen molar-refractivity contribution in [3.8, 4) is 0 Å². The highest BCUT2D eigenvalue weighted by atomic mass is 16.5. The van der Waals surface area contributed by atoms with Crippen molar-refractivity contribution in [2.75, 3.05) is 6.61 Å². The van der Waals surface area contributed by atoms with Crippen LogP contribution in [0, 0.1) is 23.7 Å². The van der Waals surface area contributed by atoms with Gasteiger partial charge in [0.15, 0.2) is 0 Å². The van der Waals surface area contributed by atoms with Crippen molar-refractivity contribution in [2.45, 2.75) is 71.8 Å². The summed E-state index contributed by atoms with van der Waals surface area (Å²) in [6, 6.07) is 0. The average molecular weight is 238 g/mol. The third kappa shape index (κ3) is 3.47. The Bertz CT molecular complexity index is 222. The number of rotatable bonds is 4. The van der Waals surface area contributed by atoms with Gasteiger partial charge in [0, 0.05) is 0 Å². The molecule has 2 fully saturated rings. The van der Waals surface area contributed by atoms with Crippen molar-refractivity contribution in [3.05, 3.63) is 0 Å². The van der Waals surface area contributed by atoms with E-state index in [0.717, 1.165) is 24.4 Å². The SMILES string of the molecule is CC(C)C(C)OCC1CCCC2CCCCC21. The van der Waals surface area contributed by atoms with Gasteiger partial charge in [0.1, 0.15) is 0 Å². The molecule has 1 heteroatoms. The molecule has 0 aliphatic heterocycles. The molecule has 0 aromatic rings. The molecular formula is C16H30O. The Balaban J connectivity index is 1.82. The van der Waals surface area contributed by atoms with Crippen molar-refractivity contribution in [1.29, 1.82) is 0 Å². The van der Waals surface area contributed by atoms with Gasteiger partial charge >= 0.3 is 0 Å². The largest absolute Gasteiger partial charge is 0.378 e. The van der Waals surface area contributed by atoms with E-state index in [1.165, 1.54) is 44.9 Å². The smallest absolute Gasteiger partial charge is 0.0570 e. The van der Waals surface area contributed by atoms with Crippen molar-refractivity contribution in [1.82, 2.24) is 0 Å². The van der Waals surface area contributed by atoms with Crippen LogP contribution < -0.4 is 0 Å². The summed E-state index contributed by atoms with van der Waals surface area (Å²) in [7, 11) is 0. The fraction of sp³-hybridized carbons (Fsp3) is 1.00. The normalized spacial score (nSPS) is 35.6. The van der Waals surface area contributed by atoms with Crippen LogP contribution >= 0.6 is 0 Å². The lowest BCUT2D eigenvalue weighted by molar-refractivity contribution is -0.0261. The van der Waals surface area contributed by atoms with E-state index >= 15 is 0 Å². The summed E-state index contributed by atoms with van der Waals surface area (Å²) < 4.78 is 6.09. The Morgan fingerprint density at radius 2 is 1.65 bits per heavy atom. The molecule has 0 radical (unpaired) electrons. The van der Waals surface area contributed by atoms with Crippen LogP contribution in [0.25, 0.3) is 0 Å². The molecule has 0 heterocycles. The third-order valence-corrected chi connectivity index (χ3v) is 5.24. The molecule has 0 bridgehead atoms. The predicted octanol–water partition coefficient (Wildman–Crippen LogP) is 4.65. The molecule has 100 valence electrons. The zero-order valence-electron chi connectivity index (χ0n) is 12.0. The lowest BCUT2D eigenvalue weighted by Crippen LogP contribution is -2.34. The molecule has 2 saturated carbocycles. The maximum atomic E-state index is 6.09. The first-order chi connectivity index (χ1) is 8.18. The van der Waals surface area contributed by atoms with E-state index in [0.29, 0.717) is 12.0 Å². The second-order valence-electron chi connectivity index (χ2n) is 6.68. The van der Waals surface area contributed by atoms with Crippen molar-refractivity contribution < 1.29 is 4.74 Å². The Hall–Kier alpha value is -0.0400. The van der Waals surface area contributed by atoms with Gasteiger partial charge in [0.05, 0.1) is 12.7 Å². The summed E-state index contributed by atoms with van der Waals surface area (Å²) >= 11 is 0. The minimum Gasteiger partial charge on any atom is -0.378 e. The topological polar surface area (TPSA) is 9.23 Å². The summed E-state index contributed by atoms with van der Waals surface area (Å²) in [6.07, 6.45) is 10.7. The van der Waals surface area contributed by atoms with Crippen molar-refractivity contribution in [3.63, 3.8) is 0 Å². The van der Waals surface area contributed by atoms with Crippen LogP contribution in [0.2, 0.25) is 0 Å².